The Hall–Kier alpha value is -1.49. The number of hydrogen-bond acceptors (Lipinski definition) is 4. The maximum atomic E-state index is 11.7. The molecule has 0 aliphatic carbocycles. The first-order valence-electron chi connectivity index (χ1n) is 7.68. The molecule has 1 N–H and O–H groups in total. The molecule has 1 rings (SSSR count). The number of ether oxygens (including phenoxy) is 1. The summed E-state index contributed by atoms with van der Waals surface area (Å²) in [5, 5.41) is 2.81. The van der Waals surface area contributed by atoms with Gasteiger partial charge in [0, 0.05) is 17.9 Å². The number of esters is 1. The van der Waals surface area contributed by atoms with Crippen molar-refractivity contribution in [2.24, 2.45) is 0 Å². The SMILES string of the molecule is CCOC(=O)CCCNC(=O)CSc1ccc(C(C)C)cc1. The van der Waals surface area contributed by atoms with Gasteiger partial charge in [-0.25, -0.2) is 0 Å². The van der Waals surface area contributed by atoms with Gasteiger partial charge in [0.15, 0.2) is 0 Å². The largest absolute Gasteiger partial charge is 0.466 e. The molecule has 0 spiro atoms. The fourth-order valence-electron chi connectivity index (χ4n) is 1.84. The third kappa shape index (κ3) is 7.50. The highest BCUT2D eigenvalue weighted by molar-refractivity contribution is 8.00. The van der Waals surface area contributed by atoms with Crippen LogP contribution in [0.25, 0.3) is 0 Å². The van der Waals surface area contributed by atoms with E-state index in [-0.39, 0.29) is 11.9 Å². The molecule has 0 unspecified atom stereocenters. The Morgan fingerprint density at radius 1 is 1.23 bits per heavy atom. The molecule has 0 heterocycles. The number of nitrogens with one attached hydrogen (secondary N) is 1. The summed E-state index contributed by atoms with van der Waals surface area (Å²) < 4.78 is 4.82. The van der Waals surface area contributed by atoms with Gasteiger partial charge in [-0.15, -0.1) is 11.8 Å². The fourth-order valence-corrected chi connectivity index (χ4v) is 2.57. The average Bonchev–Trinajstić information content (AvgIpc) is 2.50. The maximum absolute atomic E-state index is 11.7. The van der Waals surface area contributed by atoms with Gasteiger partial charge < -0.3 is 10.1 Å². The number of amides is 1. The molecule has 1 aromatic carbocycles. The van der Waals surface area contributed by atoms with Crippen LogP contribution in [0.15, 0.2) is 29.2 Å². The summed E-state index contributed by atoms with van der Waals surface area (Å²) >= 11 is 1.52. The van der Waals surface area contributed by atoms with Crippen molar-refractivity contribution in [1.82, 2.24) is 5.32 Å². The van der Waals surface area contributed by atoms with E-state index < -0.39 is 0 Å². The highest BCUT2D eigenvalue weighted by atomic mass is 32.2. The van der Waals surface area contributed by atoms with Crippen molar-refractivity contribution in [3.05, 3.63) is 29.8 Å². The summed E-state index contributed by atoms with van der Waals surface area (Å²) in [7, 11) is 0. The Balaban J connectivity index is 2.19. The van der Waals surface area contributed by atoms with Crippen LogP contribution in [0.4, 0.5) is 0 Å². The third-order valence-corrected chi connectivity index (χ3v) is 4.11. The van der Waals surface area contributed by atoms with Crippen LogP contribution in [-0.2, 0) is 14.3 Å². The van der Waals surface area contributed by atoms with E-state index in [9.17, 15) is 9.59 Å². The molecule has 1 aromatic rings. The van der Waals surface area contributed by atoms with Crippen molar-refractivity contribution >= 4 is 23.6 Å². The molecule has 22 heavy (non-hydrogen) atoms. The quantitative estimate of drug-likeness (QED) is 0.430. The standard InChI is InChI=1S/C17H25NO3S/c1-4-21-17(20)6-5-11-18-16(19)12-22-15-9-7-14(8-10-15)13(2)3/h7-10,13H,4-6,11-12H2,1-3H3,(H,18,19). The molecular formula is C17H25NO3S. The highest BCUT2D eigenvalue weighted by Gasteiger charge is 2.05. The van der Waals surface area contributed by atoms with Gasteiger partial charge in [-0.3, -0.25) is 9.59 Å². The monoisotopic (exact) mass is 323 g/mol. The minimum absolute atomic E-state index is 0.0122. The molecule has 0 fully saturated rings. The van der Waals surface area contributed by atoms with E-state index in [0.717, 1.165) is 4.90 Å². The topological polar surface area (TPSA) is 55.4 Å². The maximum Gasteiger partial charge on any atom is 0.305 e. The second-order valence-corrected chi connectivity index (χ2v) is 6.32. The predicted molar refractivity (Wildman–Crippen MR) is 90.1 cm³/mol. The zero-order valence-corrected chi connectivity index (χ0v) is 14.4. The minimum atomic E-state index is -0.212. The summed E-state index contributed by atoms with van der Waals surface area (Å²) in [6, 6.07) is 8.30. The Kier molecular flexibility index (Phi) is 8.67. The van der Waals surface area contributed by atoms with E-state index in [4.69, 9.17) is 4.74 Å². The van der Waals surface area contributed by atoms with E-state index in [1.54, 1.807) is 6.92 Å². The first-order valence-corrected chi connectivity index (χ1v) is 8.66. The van der Waals surface area contributed by atoms with Crippen LogP contribution in [0.2, 0.25) is 0 Å². The second-order valence-electron chi connectivity index (χ2n) is 5.27. The predicted octanol–water partition coefficient (Wildman–Crippen LogP) is 3.36. The average molecular weight is 323 g/mol. The van der Waals surface area contributed by atoms with Gasteiger partial charge >= 0.3 is 5.97 Å². The molecular weight excluding hydrogens is 298 g/mol. The molecule has 0 saturated carbocycles. The first-order chi connectivity index (χ1) is 10.5. The third-order valence-electron chi connectivity index (χ3n) is 3.10. The number of benzene rings is 1. The normalized spacial score (nSPS) is 10.5. The summed E-state index contributed by atoms with van der Waals surface area (Å²) in [5.41, 5.74) is 1.30. The van der Waals surface area contributed by atoms with Crippen molar-refractivity contribution in [1.29, 1.82) is 0 Å². The molecule has 0 saturated heterocycles. The lowest BCUT2D eigenvalue weighted by Gasteiger charge is -2.07. The van der Waals surface area contributed by atoms with E-state index in [2.05, 4.69) is 31.3 Å². The van der Waals surface area contributed by atoms with Crippen molar-refractivity contribution in [3.63, 3.8) is 0 Å². The number of thioether (sulfide) groups is 1. The Morgan fingerprint density at radius 2 is 1.91 bits per heavy atom. The summed E-state index contributed by atoms with van der Waals surface area (Å²) in [6.45, 7) is 7.00. The van der Waals surface area contributed by atoms with E-state index in [1.807, 2.05) is 12.1 Å². The first kappa shape index (κ1) is 18.6. The van der Waals surface area contributed by atoms with E-state index in [1.165, 1.54) is 17.3 Å². The van der Waals surface area contributed by atoms with E-state index >= 15 is 0 Å². The van der Waals surface area contributed by atoms with Gasteiger partial charge in [0.05, 0.1) is 12.4 Å². The minimum Gasteiger partial charge on any atom is -0.466 e. The van der Waals surface area contributed by atoms with Gasteiger partial charge in [-0.2, -0.15) is 0 Å². The van der Waals surface area contributed by atoms with Gasteiger partial charge in [0.25, 0.3) is 0 Å². The molecule has 0 bridgehead atoms. The van der Waals surface area contributed by atoms with Crippen molar-refractivity contribution in [2.45, 2.75) is 44.4 Å². The second kappa shape index (κ2) is 10.3. The lowest BCUT2D eigenvalue weighted by Crippen LogP contribution is -2.26. The van der Waals surface area contributed by atoms with Crippen molar-refractivity contribution in [3.8, 4) is 0 Å². The number of carbonyl (C=O) groups is 2. The van der Waals surface area contributed by atoms with Gasteiger partial charge in [-0.1, -0.05) is 26.0 Å². The van der Waals surface area contributed by atoms with Crippen LogP contribution < -0.4 is 5.32 Å². The van der Waals surface area contributed by atoms with Crippen LogP contribution >= 0.6 is 11.8 Å². The Labute approximate surface area is 137 Å². The van der Waals surface area contributed by atoms with Crippen molar-refractivity contribution in [2.75, 3.05) is 18.9 Å². The Bertz CT molecular complexity index is 471. The smallest absolute Gasteiger partial charge is 0.305 e. The lowest BCUT2D eigenvalue weighted by atomic mass is 10.0. The molecule has 5 heteroatoms. The molecule has 0 aliphatic heterocycles. The Morgan fingerprint density at radius 3 is 2.50 bits per heavy atom. The molecule has 4 nitrogen and oxygen atoms in total. The van der Waals surface area contributed by atoms with Crippen LogP contribution in [0.1, 0.15) is 45.1 Å². The summed E-state index contributed by atoms with van der Waals surface area (Å²) in [5.74, 6) is 0.681. The summed E-state index contributed by atoms with van der Waals surface area (Å²) in [6.07, 6.45) is 0.955. The molecule has 0 aromatic heterocycles. The number of hydrogen-bond donors (Lipinski definition) is 1. The molecule has 122 valence electrons. The zero-order valence-electron chi connectivity index (χ0n) is 13.6. The van der Waals surface area contributed by atoms with Crippen LogP contribution in [0, 0.1) is 0 Å². The molecule has 0 radical (unpaired) electrons. The lowest BCUT2D eigenvalue weighted by molar-refractivity contribution is -0.143. The molecule has 0 atom stereocenters. The van der Waals surface area contributed by atoms with Gasteiger partial charge in [-0.05, 0) is 37.0 Å². The van der Waals surface area contributed by atoms with Crippen LogP contribution in [-0.4, -0.2) is 30.8 Å². The van der Waals surface area contributed by atoms with Gasteiger partial charge in [0.1, 0.15) is 0 Å². The molecule has 0 aliphatic rings. The number of carbonyl (C=O) groups excluding carboxylic acids is 2. The van der Waals surface area contributed by atoms with Crippen LogP contribution in [0.3, 0.4) is 0 Å². The highest BCUT2D eigenvalue weighted by Crippen LogP contribution is 2.21. The molecule has 1 amide bonds. The van der Waals surface area contributed by atoms with E-state index in [0.29, 0.717) is 37.7 Å². The fraction of sp³-hybridized carbons (Fsp3) is 0.529. The van der Waals surface area contributed by atoms with Gasteiger partial charge in [0.2, 0.25) is 5.91 Å². The summed E-state index contributed by atoms with van der Waals surface area (Å²) in [4.78, 5) is 23.9. The van der Waals surface area contributed by atoms with Crippen molar-refractivity contribution < 1.29 is 14.3 Å². The number of rotatable bonds is 9. The zero-order chi connectivity index (χ0) is 16.4. The van der Waals surface area contributed by atoms with Crippen LogP contribution in [0.5, 0.6) is 0 Å².